The molecule has 1 saturated carbocycles. The van der Waals surface area contributed by atoms with Crippen molar-refractivity contribution in [3.05, 3.63) is 24.0 Å². The molecule has 2 fully saturated rings. The topological polar surface area (TPSA) is 63.4 Å². The van der Waals surface area contributed by atoms with E-state index in [2.05, 4.69) is 0 Å². The minimum absolute atomic E-state index is 0.180. The lowest BCUT2D eigenvalue weighted by Gasteiger charge is -2.17. The molecule has 94 valence electrons. The lowest BCUT2D eigenvalue weighted by molar-refractivity contribution is -0.122. The molecule has 2 amide bonds. The molecule has 18 heavy (non-hydrogen) atoms. The molecule has 1 aliphatic heterocycles. The molecule has 2 atom stereocenters. The van der Waals surface area contributed by atoms with Crippen molar-refractivity contribution in [2.75, 3.05) is 10.6 Å². The van der Waals surface area contributed by atoms with Gasteiger partial charge in [0.15, 0.2) is 0 Å². The molecule has 1 aromatic carbocycles. The van der Waals surface area contributed by atoms with Crippen LogP contribution >= 0.6 is 0 Å². The van der Waals surface area contributed by atoms with Crippen LogP contribution in [-0.4, -0.2) is 11.8 Å². The maximum absolute atomic E-state index is 13.2. The summed E-state index contributed by atoms with van der Waals surface area (Å²) in [7, 11) is 0. The van der Waals surface area contributed by atoms with Crippen molar-refractivity contribution in [1.29, 1.82) is 0 Å². The zero-order chi connectivity index (χ0) is 12.9. The highest BCUT2D eigenvalue weighted by Crippen LogP contribution is 2.42. The van der Waals surface area contributed by atoms with Gasteiger partial charge in [0, 0.05) is 6.07 Å². The van der Waals surface area contributed by atoms with E-state index in [0.717, 1.165) is 30.2 Å². The number of nitrogens with zero attached hydrogens (tertiary/aromatic N) is 1. The predicted octanol–water partition coefficient (Wildman–Crippen LogP) is 1.70. The molecule has 1 aromatic rings. The molecule has 0 bridgehead atoms. The first-order chi connectivity index (χ1) is 8.59. The number of benzene rings is 1. The van der Waals surface area contributed by atoms with E-state index in [9.17, 15) is 14.0 Å². The summed E-state index contributed by atoms with van der Waals surface area (Å²) >= 11 is 0. The van der Waals surface area contributed by atoms with Gasteiger partial charge >= 0.3 is 0 Å². The van der Waals surface area contributed by atoms with E-state index in [0.29, 0.717) is 0 Å². The molecule has 3 rings (SSSR count). The first-order valence-electron chi connectivity index (χ1n) is 6.02. The molecule has 0 spiro atoms. The number of fused-ring (bicyclic) bond motifs is 1. The normalized spacial score (nSPS) is 26.8. The van der Waals surface area contributed by atoms with Crippen molar-refractivity contribution in [1.82, 2.24) is 0 Å². The Hall–Kier alpha value is -1.91. The quantitative estimate of drug-likeness (QED) is 0.607. The van der Waals surface area contributed by atoms with Crippen LogP contribution in [-0.2, 0) is 9.59 Å². The van der Waals surface area contributed by atoms with Gasteiger partial charge in [0.25, 0.3) is 0 Å². The van der Waals surface area contributed by atoms with E-state index in [1.54, 1.807) is 0 Å². The largest absolute Gasteiger partial charge is 0.397 e. The lowest BCUT2D eigenvalue weighted by atomic mass is 10.00. The highest BCUT2D eigenvalue weighted by Gasteiger charge is 2.50. The average Bonchev–Trinajstić information content (AvgIpc) is 2.89. The van der Waals surface area contributed by atoms with Gasteiger partial charge in [0.1, 0.15) is 5.82 Å². The summed E-state index contributed by atoms with van der Waals surface area (Å²) in [6.07, 6.45) is 2.38. The van der Waals surface area contributed by atoms with Crippen LogP contribution in [0, 0.1) is 17.7 Å². The van der Waals surface area contributed by atoms with Crippen LogP contribution in [0.1, 0.15) is 19.3 Å². The molecule has 1 aliphatic carbocycles. The summed E-state index contributed by atoms with van der Waals surface area (Å²) in [6.45, 7) is 0. The molecular formula is C13H13FN2O2. The number of anilines is 2. The summed E-state index contributed by atoms with van der Waals surface area (Å²) in [5.41, 5.74) is 6.16. The van der Waals surface area contributed by atoms with Crippen molar-refractivity contribution in [2.24, 2.45) is 11.8 Å². The second kappa shape index (κ2) is 3.80. The van der Waals surface area contributed by atoms with Crippen LogP contribution in [0.3, 0.4) is 0 Å². The minimum Gasteiger partial charge on any atom is -0.397 e. The Morgan fingerprint density at radius 2 is 1.78 bits per heavy atom. The number of rotatable bonds is 1. The fourth-order valence-corrected chi connectivity index (χ4v) is 2.94. The molecule has 1 heterocycles. The fraction of sp³-hybridized carbons (Fsp3) is 0.385. The highest BCUT2D eigenvalue weighted by molar-refractivity contribution is 6.23. The van der Waals surface area contributed by atoms with Crippen molar-refractivity contribution in [3.8, 4) is 0 Å². The number of carbonyl (C=O) groups excluding carboxylic acids is 2. The molecule has 5 heteroatoms. The molecule has 4 nitrogen and oxygen atoms in total. The fourth-order valence-electron chi connectivity index (χ4n) is 2.94. The molecule has 0 aromatic heterocycles. The number of nitrogens with two attached hydrogens (primary N) is 1. The smallest absolute Gasteiger partial charge is 0.237 e. The first kappa shape index (κ1) is 11.2. The standard InChI is InChI=1S/C13H13FN2O2/c14-7-4-5-10(15)11(6-7)16-12(17)8-2-1-3-9(8)13(16)18/h4-6,8-9H,1-3,15H2. The Kier molecular flexibility index (Phi) is 2.36. The summed E-state index contributed by atoms with van der Waals surface area (Å²) in [5.74, 6) is -1.45. The molecule has 2 unspecified atom stereocenters. The van der Waals surface area contributed by atoms with E-state index in [4.69, 9.17) is 5.73 Å². The van der Waals surface area contributed by atoms with Crippen molar-refractivity contribution < 1.29 is 14.0 Å². The number of halogens is 1. The van der Waals surface area contributed by atoms with Gasteiger partial charge in [-0.25, -0.2) is 9.29 Å². The van der Waals surface area contributed by atoms with Gasteiger partial charge < -0.3 is 5.73 Å². The van der Waals surface area contributed by atoms with Crippen molar-refractivity contribution in [2.45, 2.75) is 19.3 Å². The molecule has 0 radical (unpaired) electrons. The van der Waals surface area contributed by atoms with Crippen LogP contribution in [0.5, 0.6) is 0 Å². The number of hydrogen-bond donors (Lipinski definition) is 1. The van der Waals surface area contributed by atoms with E-state index in [1.165, 1.54) is 12.1 Å². The third-order valence-electron chi connectivity index (χ3n) is 3.82. The number of hydrogen-bond acceptors (Lipinski definition) is 3. The second-order valence-corrected chi connectivity index (χ2v) is 4.86. The predicted molar refractivity (Wildman–Crippen MR) is 64.1 cm³/mol. The first-order valence-corrected chi connectivity index (χ1v) is 6.02. The summed E-state index contributed by atoms with van der Waals surface area (Å²) in [5, 5.41) is 0. The number of carbonyl (C=O) groups is 2. The Bertz CT molecular complexity index is 522. The highest BCUT2D eigenvalue weighted by atomic mass is 19.1. The van der Waals surface area contributed by atoms with E-state index < -0.39 is 5.82 Å². The average molecular weight is 248 g/mol. The molecular weight excluding hydrogens is 235 g/mol. The SMILES string of the molecule is Nc1ccc(F)cc1N1C(=O)C2CCCC2C1=O. The van der Waals surface area contributed by atoms with Crippen LogP contribution in [0.4, 0.5) is 15.8 Å². The maximum atomic E-state index is 13.2. The third-order valence-corrected chi connectivity index (χ3v) is 3.82. The number of nitrogen functional groups attached to an aromatic ring is 1. The Labute approximate surface area is 104 Å². The number of imide groups is 1. The van der Waals surface area contributed by atoms with E-state index >= 15 is 0 Å². The summed E-state index contributed by atoms with van der Waals surface area (Å²) in [6, 6.07) is 3.73. The molecule has 1 saturated heterocycles. The summed E-state index contributed by atoms with van der Waals surface area (Å²) in [4.78, 5) is 25.4. The Balaban J connectivity index is 2.05. The third kappa shape index (κ3) is 1.43. The Morgan fingerprint density at radius 3 is 2.39 bits per heavy atom. The number of amides is 2. The minimum atomic E-state index is -0.503. The van der Waals surface area contributed by atoms with Gasteiger partial charge in [-0.3, -0.25) is 9.59 Å². The zero-order valence-electron chi connectivity index (χ0n) is 9.73. The van der Waals surface area contributed by atoms with Gasteiger partial charge in [0.05, 0.1) is 23.2 Å². The van der Waals surface area contributed by atoms with E-state index in [1.807, 2.05) is 0 Å². The lowest BCUT2D eigenvalue weighted by Crippen LogP contribution is -2.32. The zero-order valence-corrected chi connectivity index (χ0v) is 9.73. The monoisotopic (exact) mass is 248 g/mol. The molecule has 2 N–H and O–H groups in total. The maximum Gasteiger partial charge on any atom is 0.237 e. The van der Waals surface area contributed by atoms with Gasteiger partial charge in [0.2, 0.25) is 11.8 Å². The van der Waals surface area contributed by atoms with Gasteiger partial charge in [-0.15, -0.1) is 0 Å². The van der Waals surface area contributed by atoms with Gasteiger partial charge in [-0.05, 0) is 25.0 Å². The Morgan fingerprint density at radius 1 is 1.17 bits per heavy atom. The van der Waals surface area contributed by atoms with Crippen LogP contribution in [0.2, 0.25) is 0 Å². The van der Waals surface area contributed by atoms with Crippen molar-refractivity contribution in [3.63, 3.8) is 0 Å². The van der Waals surface area contributed by atoms with E-state index in [-0.39, 0.29) is 35.0 Å². The van der Waals surface area contributed by atoms with Crippen LogP contribution in [0.15, 0.2) is 18.2 Å². The van der Waals surface area contributed by atoms with Crippen LogP contribution in [0.25, 0.3) is 0 Å². The molecule has 2 aliphatic rings. The van der Waals surface area contributed by atoms with Gasteiger partial charge in [-0.2, -0.15) is 0 Å². The summed E-state index contributed by atoms with van der Waals surface area (Å²) < 4.78 is 13.2. The second-order valence-electron chi connectivity index (χ2n) is 4.86. The van der Waals surface area contributed by atoms with Gasteiger partial charge in [-0.1, -0.05) is 6.42 Å². The van der Waals surface area contributed by atoms with Crippen molar-refractivity contribution >= 4 is 23.2 Å². The van der Waals surface area contributed by atoms with Crippen LogP contribution < -0.4 is 10.6 Å².